The number of nitrogens with zero attached hydrogens (tertiary/aromatic N) is 6. The van der Waals surface area contributed by atoms with Gasteiger partial charge in [0.05, 0.1) is 66.8 Å². The molecular weight excluding hydrogens is 1420 g/mol. The summed E-state index contributed by atoms with van der Waals surface area (Å²) in [7, 11) is -1.41. The van der Waals surface area contributed by atoms with Crippen molar-refractivity contribution in [1.82, 2.24) is 50.6 Å². The Morgan fingerprint density at radius 2 is 0.888 bits per heavy atom. The van der Waals surface area contributed by atoms with Gasteiger partial charge >= 0.3 is 19.1 Å². The summed E-state index contributed by atoms with van der Waals surface area (Å²) in [4.78, 5) is 47.2. The molecule has 0 bridgehead atoms. The maximum Gasteiger partial charge on any atom is 0.488 e. The summed E-state index contributed by atoms with van der Waals surface area (Å²) in [5.74, 6) is -1.59. The number of hydrogen-bond donors (Lipinski definition) is 11. The average molecular weight is 1510 g/mol. The first-order chi connectivity index (χ1) is 50.9. The molecule has 29 heteroatoms. The standard InChI is InChI=1S/C21H20ClFN2O2.C15H17FN2O2.C15H13FO3.C11H18N2O2.C6H6BClO2.2C5H9N3/c1-14-10-19(25(24-14)18-6-4-17(22)5-7-18)8-9-20(27)11-15-2-3-16(13-26)21(23)12-15;1-10-6-13(18-17-10)4-5-14(20)7-11-2-3-12(9-19)15(16)8-11;16-14-8-11(6-7-12(14)10-17)9-15(18)19-13-4-2-1-3-5-13;1-8-7-9(13-12-8)5-6-10(14)15-11(2,3)4;8-6-3-1-5(2-4-6)7(9)10;2*1-4-2-5(3-6)8-7-4/h2-7,10,12,26H,8-9,11,13H2,1H3;2-3,6,8,19H,4-5,7,9H2,1H3,(H,17,18);1-8,17H,9-10H2;7H,5-6H2,1-4H3,(H,12,13);1-4,9-10H;2*2H,3,6H2,1H3,(H,7,8). The lowest BCUT2D eigenvalue weighted by molar-refractivity contribution is -0.154. The van der Waals surface area contributed by atoms with E-state index < -0.39 is 36.1 Å². The van der Waals surface area contributed by atoms with Crippen molar-refractivity contribution in [3.8, 4) is 11.4 Å². The number of ketones is 2. The molecule has 0 aliphatic rings. The molecule has 0 spiro atoms. The van der Waals surface area contributed by atoms with Crippen LogP contribution < -0.4 is 21.7 Å². The van der Waals surface area contributed by atoms with E-state index in [9.17, 15) is 32.3 Å². The van der Waals surface area contributed by atoms with Gasteiger partial charge in [0.25, 0.3) is 0 Å². The summed E-state index contributed by atoms with van der Waals surface area (Å²) in [6, 6.07) is 45.3. The molecule has 6 aromatic carbocycles. The van der Waals surface area contributed by atoms with E-state index in [-0.39, 0.29) is 73.3 Å². The van der Waals surface area contributed by atoms with Crippen molar-refractivity contribution >= 4 is 59.3 Å². The fourth-order valence-electron chi connectivity index (χ4n) is 9.63. The van der Waals surface area contributed by atoms with Gasteiger partial charge in [-0.2, -0.15) is 25.5 Å². The Kier molecular flexibility index (Phi) is 37.1. The third kappa shape index (κ3) is 33.4. The lowest BCUT2D eigenvalue weighted by Gasteiger charge is -2.19. The number of Topliss-reactive ketones (excluding diaryl/α,β-unsaturated/α-hetero) is 2. The Morgan fingerprint density at radius 1 is 0.495 bits per heavy atom. The quantitative estimate of drug-likeness (QED) is 0.0161. The second-order valence-corrected chi connectivity index (χ2v) is 26.3. The fraction of sp³-hybridized carbons (Fsp3) is 0.295. The van der Waals surface area contributed by atoms with Crippen LogP contribution in [0.5, 0.6) is 5.75 Å². The number of carbonyl (C=O) groups excluding carboxylic acids is 4. The van der Waals surface area contributed by atoms with Gasteiger partial charge < -0.3 is 46.3 Å². The van der Waals surface area contributed by atoms with Gasteiger partial charge in [0.15, 0.2) is 0 Å². The first kappa shape index (κ1) is 87.4. The number of aliphatic hydroxyl groups is 3. The molecule has 0 fully saturated rings. The lowest BCUT2D eigenvalue weighted by atomic mass is 9.81. The van der Waals surface area contributed by atoms with Crippen molar-refractivity contribution in [1.29, 1.82) is 0 Å². The zero-order chi connectivity index (χ0) is 78.6. The zero-order valence-corrected chi connectivity index (χ0v) is 62.5. The molecule has 13 N–H and O–H groups in total. The number of carbonyl (C=O) groups is 4. The van der Waals surface area contributed by atoms with Gasteiger partial charge in [-0.05, 0) is 187 Å². The minimum absolute atomic E-state index is 0.0163. The molecule has 5 heterocycles. The van der Waals surface area contributed by atoms with Gasteiger partial charge in [0, 0.05) is 100 Å². The number of benzene rings is 6. The Labute approximate surface area is 630 Å². The summed E-state index contributed by atoms with van der Waals surface area (Å²) in [6.45, 7) is 15.2. The van der Waals surface area contributed by atoms with E-state index in [0.29, 0.717) is 89.6 Å². The van der Waals surface area contributed by atoms with E-state index in [1.165, 1.54) is 36.4 Å². The molecule has 0 radical (unpaired) electrons. The number of esters is 2. The molecule has 5 aromatic heterocycles. The number of aliphatic hydroxyl groups excluding tert-OH is 3. The Bertz CT molecular complexity index is 4490. The molecule has 23 nitrogen and oxygen atoms in total. The van der Waals surface area contributed by atoms with E-state index in [1.807, 2.05) is 109 Å². The van der Waals surface area contributed by atoms with Gasteiger partial charge in [0.2, 0.25) is 0 Å². The molecule has 0 saturated heterocycles. The average Bonchev–Trinajstić information content (AvgIpc) is 1.71. The number of aromatic nitrogens is 10. The Hall–Kier alpha value is -10.2. The number of nitrogens with two attached hydrogens (primary N) is 2. The second-order valence-electron chi connectivity index (χ2n) is 25.4. The van der Waals surface area contributed by atoms with Crippen LogP contribution in [0.1, 0.15) is 130 Å². The van der Waals surface area contributed by atoms with Crippen LogP contribution >= 0.6 is 23.2 Å². The number of H-pyrrole nitrogens is 4. The molecule has 0 atom stereocenters. The molecule has 0 unspecified atom stereocenters. The van der Waals surface area contributed by atoms with Crippen molar-refractivity contribution in [3.05, 3.63) is 282 Å². The van der Waals surface area contributed by atoms with Crippen LogP contribution in [0, 0.1) is 52.1 Å². The normalized spacial score (nSPS) is 10.5. The number of ether oxygens (including phenoxy) is 2. The van der Waals surface area contributed by atoms with Gasteiger partial charge in [-0.25, -0.2) is 17.9 Å². The van der Waals surface area contributed by atoms with E-state index in [4.69, 9.17) is 69.5 Å². The van der Waals surface area contributed by atoms with Crippen LogP contribution in [0.15, 0.2) is 164 Å². The van der Waals surface area contributed by atoms with E-state index >= 15 is 0 Å². The first-order valence-electron chi connectivity index (χ1n) is 34.0. The highest BCUT2D eigenvalue weighted by atomic mass is 35.5. The van der Waals surface area contributed by atoms with Crippen molar-refractivity contribution in [2.45, 2.75) is 152 Å². The number of nitrogens with one attached hydrogen (secondary N) is 4. The largest absolute Gasteiger partial charge is 0.488 e. The number of aromatic amines is 4. The molecule has 0 amide bonds. The third-order valence-corrected chi connectivity index (χ3v) is 15.4. The van der Waals surface area contributed by atoms with E-state index in [0.717, 1.165) is 62.6 Å². The number of rotatable bonds is 23. The SMILES string of the molecule is Cc1cc(CCC(=O)Cc2ccc(CO)c(F)c2)n(-c2ccc(Cl)cc2)n1.Cc1cc(CCC(=O)Cc2ccc(CO)c(F)c2)n[nH]1.Cc1cc(CCC(=O)OC(C)(C)C)n[nH]1.Cc1cc(CN)n[nH]1.Cc1cc(CN)n[nH]1.O=C(Cc1ccc(CO)c(F)c1)Oc1ccccc1.OB(O)c1ccc(Cl)cc1. The van der Waals surface area contributed by atoms with Gasteiger partial charge in [-0.3, -0.25) is 39.6 Å². The molecule has 568 valence electrons. The molecule has 107 heavy (non-hydrogen) atoms. The van der Waals surface area contributed by atoms with Crippen molar-refractivity contribution in [2.24, 2.45) is 11.5 Å². The van der Waals surface area contributed by atoms with Gasteiger partial charge in [0.1, 0.15) is 40.4 Å². The van der Waals surface area contributed by atoms with Crippen LogP contribution in [0.4, 0.5) is 13.2 Å². The maximum absolute atomic E-state index is 13.7. The zero-order valence-electron chi connectivity index (χ0n) is 61.0. The molecule has 0 aliphatic carbocycles. The Morgan fingerprint density at radius 3 is 1.25 bits per heavy atom. The molecule has 11 rings (SSSR count). The van der Waals surface area contributed by atoms with Crippen molar-refractivity contribution < 1.29 is 67.2 Å². The first-order valence-corrected chi connectivity index (χ1v) is 34.7. The van der Waals surface area contributed by atoms with E-state index in [1.54, 1.807) is 78.9 Å². The number of halogens is 5. The number of aryl methyl sites for hydroxylation is 8. The summed E-state index contributed by atoms with van der Waals surface area (Å²) >= 11 is 11.5. The Balaban J connectivity index is 0.000000233. The monoisotopic (exact) mass is 1510 g/mol. The highest BCUT2D eigenvalue weighted by molar-refractivity contribution is 6.58. The topological polar surface area (TPSA) is 372 Å². The highest BCUT2D eigenvalue weighted by Crippen LogP contribution is 2.21. The predicted molar refractivity (Wildman–Crippen MR) is 405 cm³/mol. The van der Waals surface area contributed by atoms with Crippen LogP contribution in [-0.4, -0.2) is 112 Å². The summed E-state index contributed by atoms with van der Waals surface area (Å²) in [6.07, 6.45) is 3.19. The van der Waals surface area contributed by atoms with Crippen LogP contribution in [0.25, 0.3) is 5.69 Å². The third-order valence-electron chi connectivity index (χ3n) is 14.9. The molecule has 11 aromatic rings. The smallest absolute Gasteiger partial charge is 0.460 e. The lowest BCUT2D eigenvalue weighted by Crippen LogP contribution is -2.29. The molecule has 0 saturated carbocycles. The minimum atomic E-state index is -1.41. The molecule has 0 aliphatic heterocycles. The number of para-hydroxylation sites is 1. The van der Waals surface area contributed by atoms with Gasteiger partial charge in [-0.1, -0.05) is 89.9 Å². The maximum atomic E-state index is 13.7. The fourth-order valence-corrected chi connectivity index (χ4v) is 9.89. The molecular formula is C78H92BCl2F3N12O11. The van der Waals surface area contributed by atoms with Crippen molar-refractivity contribution in [3.63, 3.8) is 0 Å². The van der Waals surface area contributed by atoms with Crippen LogP contribution in [-0.2, 0) is 95.4 Å². The van der Waals surface area contributed by atoms with E-state index in [2.05, 4.69) is 45.9 Å². The van der Waals surface area contributed by atoms with Gasteiger partial charge in [-0.15, -0.1) is 0 Å². The summed E-state index contributed by atoms with van der Waals surface area (Å²) < 4.78 is 52.7. The highest BCUT2D eigenvalue weighted by Gasteiger charge is 2.18. The number of hydrogen-bond acceptors (Lipinski definition) is 18. The minimum Gasteiger partial charge on any atom is -0.460 e. The van der Waals surface area contributed by atoms with Crippen LogP contribution in [0.2, 0.25) is 10.0 Å². The van der Waals surface area contributed by atoms with Crippen LogP contribution in [0.3, 0.4) is 0 Å². The second kappa shape index (κ2) is 45.3. The summed E-state index contributed by atoms with van der Waals surface area (Å²) in [5.41, 5.74) is 23.4. The van der Waals surface area contributed by atoms with Crippen molar-refractivity contribution in [2.75, 3.05) is 0 Å². The predicted octanol–water partition coefficient (Wildman–Crippen LogP) is 11.1. The summed E-state index contributed by atoms with van der Waals surface area (Å²) in [5, 5.41) is 76.9.